The zero-order chi connectivity index (χ0) is 9.98. The summed E-state index contributed by atoms with van der Waals surface area (Å²) in [5, 5.41) is 16.5. The lowest BCUT2D eigenvalue weighted by Crippen LogP contribution is -1.97. The van der Waals surface area contributed by atoms with Gasteiger partial charge in [-0.2, -0.15) is 5.26 Å². The number of carbonyl (C=O) groups is 1. The minimum absolute atomic E-state index is 0.165. The molecule has 0 aromatic carbocycles. The van der Waals surface area contributed by atoms with Crippen LogP contribution in [0.3, 0.4) is 0 Å². The number of nitriles is 1. The SMILES string of the molecule is CC.CCC/C=C(\C#N)C(=O)O. The van der Waals surface area contributed by atoms with Gasteiger partial charge >= 0.3 is 5.97 Å². The van der Waals surface area contributed by atoms with Gasteiger partial charge < -0.3 is 5.11 Å². The number of carboxylic acids is 1. The van der Waals surface area contributed by atoms with Crippen LogP contribution in [-0.2, 0) is 4.79 Å². The van der Waals surface area contributed by atoms with Crippen molar-refractivity contribution in [1.29, 1.82) is 5.26 Å². The molecule has 3 heteroatoms. The molecule has 3 nitrogen and oxygen atoms in total. The van der Waals surface area contributed by atoms with E-state index in [1.165, 1.54) is 6.08 Å². The molecule has 0 rings (SSSR count). The first-order chi connectivity index (χ1) is 5.72. The van der Waals surface area contributed by atoms with Gasteiger partial charge in [-0.05, 0) is 6.42 Å². The first kappa shape index (κ1) is 13.3. The Morgan fingerprint density at radius 1 is 1.58 bits per heavy atom. The molecule has 0 aliphatic heterocycles. The fourth-order valence-corrected chi connectivity index (χ4v) is 0.469. The summed E-state index contributed by atoms with van der Waals surface area (Å²) in [6, 6.07) is 1.60. The maximum Gasteiger partial charge on any atom is 0.346 e. The first-order valence-electron chi connectivity index (χ1n) is 4.06. The average molecular weight is 169 g/mol. The molecule has 0 bridgehead atoms. The quantitative estimate of drug-likeness (QED) is 0.521. The van der Waals surface area contributed by atoms with E-state index >= 15 is 0 Å². The highest BCUT2D eigenvalue weighted by molar-refractivity contribution is 5.90. The molecule has 0 fully saturated rings. The number of nitrogens with zero attached hydrogens (tertiary/aromatic N) is 1. The molecule has 0 aromatic rings. The van der Waals surface area contributed by atoms with Crippen molar-refractivity contribution in [3.05, 3.63) is 11.6 Å². The van der Waals surface area contributed by atoms with E-state index < -0.39 is 5.97 Å². The normalized spacial score (nSPS) is 9.33. The Morgan fingerprint density at radius 3 is 2.33 bits per heavy atom. The highest BCUT2D eigenvalue weighted by Crippen LogP contribution is 1.96. The first-order valence-corrected chi connectivity index (χ1v) is 4.06. The molecular weight excluding hydrogens is 154 g/mol. The van der Waals surface area contributed by atoms with Gasteiger partial charge in [0.25, 0.3) is 0 Å². The summed E-state index contributed by atoms with van der Waals surface area (Å²) in [6.07, 6.45) is 2.94. The van der Waals surface area contributed by atoms with E-state index in [0.717, 1.165) is 6.42 Å². The third-order valence-corrected chi connectivity index (χ3v) is 0.988. The maximum atomic E-state index is 10.1. The fourth-order valence-electron chi connectivity index (χ4n) is 0.469. The lowest BCUT2D eigenvalue weighted by Gasteiger charge is -1.87. The Hall–Kier alpha value is -1.30. The minimum atomic E-state index is -1.14. The van der Waals surface area contributed by atoms with Crippen LogP contribution in [0.2, 0.25) is 0 Å². The van der Waals surface area contributed by atoms with E-state index in [2.05, 4.69) is 0 Å². The molecule has 12 heavy (non-hydrogen) atoms. The molecule has 0 spiro atoms. The van der Waals surface area contributed by atoms with Crippen LogP contribution in [0.5, 0.6) is 0 Å². The van der Waals surface area contributed by atoms with Gasteiger partial charge in [0.1, 0.15) is 11.6 Å². The number of allylic oxidation sites excluding steroid dienone is 1. The summed E-state index contributed by atoms with van der Waals surface area (Å²) in [7, 11) is 0. The second-order valence-corrected chi connectivity index (χ2v) is 1.82. The van der Waals surface area contributed by atoms with Crippen LogP contribution in [0.25, 0.3) is 0 Å². The van der Waals surface area contributed by atoms with Crippen molar-refractivity contribution in [2.75, 3.05) is 0 Å². The average Bonchev–Trinajstić information content (AvgIpc) is 2.09. The van der Waals surface area contributed by atoms with Crippen molar-refractivity contribution in [3.63, 3.8) is 0 Å². The van der Waals surface area contributed by atoms with Crippen LogP contribution >= 0.6 is 0 Å². The molecular formula is C9H15NO2. The Kier molecular flexibility index (Phi) is 10.8. The maximum absolute atomic E-state index is 10.1. The molecule has 0 unspecified atom stereocenters. The summed E-state index contributed by atoms with van der Waals surface area (Å²) in [6.45, 7) is 5.92. The largest absolute Gasteiger partial charge is 0.477 e. The summed E-state index contributed by atoms with van der Waals surface area (Å²) < 4.78 is 0. The number of unbranched alkanes of at least 4 members (excludes halogenated alkanes) is 1. The fraction of sp³-hybridized carbons (Fsp3) is 0.556. The van der Waals surface area contributed by atoms with Gasteiger partial charge in [-0.3, -0.25) is 0 Å². The molecule has 0 atom stereocenters. The third kappa shape index (κ3) is 6.81. The Morgan fingerprint density at radius 2 is 2.08 bits per heavy atom. The zero-order valence-corrected chi connectivity index (χ0v) is 7.79. The van der Waals surface area contributed by atoms with E-state index in [1.807, 2.05) is 20.8 Å². The Balaban J connectivity index is 0. The second-order valence-electron chi connectivity index (χ2n) is 1.82. The Bertz CT molecular complexity index is 189. The molecule has 0 radical (unpaired) electrons. The van der Waals surface area contributed by atoms with Crippen molar-refractivity contribution >= 4 is 5.97 Å². The monoisotopic (exact) mass is 169 g/mol. The van der Waals surface area contributed by atoms with Gasteiger partial charge in [-0.15, -0.1) is 0 Å². The molecule has 0 aromatic heterocycles. The van der Waals surface area contributed by atoms with Crippen molar-refractivity contribution in [1.82, 2.24) is 0 Å². The number of aliphatic carboxylic acids is 1. The third-order valence-electron chi connectivity index (χ3n) is 0.988. The smallest absolute Gasteiger partial charge is 0.346 e. The number of rotatable bonds is 3. The van der Waals surface area contributed by atoms with E-state index in [1.54, 1.807) is 6.07 Å². The van der Waals surface area contributed by atoms with Gasteiger partial charge in [-0.1, -0.05) is 33.3 Å². The standard InChI is InChI=1S/C7H9NO2.C2H6/c1-2-3-4-6(5-8)7(9)10;1-2/h4H,2-3H2,1H3,(H,9,10);1-2H3/b6-4+;. The van der Waals surface area contributed by atoms with Gasteiger partial charge in [0.2, 0.25) is 0 Å². The molecule has 0 amide bonds. The molecule has 0 saturated heterocycles. The molecule has 0 heterocycles. The van der Waals surface area contributed by atoms with Crippen LogP contribution in [0.4, 0.5) is 0 Å². The Labute approximate surface area is 73.3 Å². The van der Waals surface area contributed by atoms with Crippen LogP contribution in [0, 0.1) is 11.3 Å². The van der Waals surface area contributed by atoms with Crippen LogP contribution in [0.15, 0.2) is 11.6 Å². The summed E-state index contributed by atoms with van der Waals surface area (Å²) in [5.41, 5.74) is -0.165. The summed E-state index contributed by atoms with van der Waals surface area (Å²) in [5.74, 6) is -1.14. The van der Waals surface area contributed by atoms with Gasteiger partial charge in [-0.25, -0.2) is 4.79 Å². The predicted molar refractivity (Wildman–Crippen MR) is 47.6 cm³/mol. The van der Waals surface area contributed by atoms with Gasteiger partial charge in [0, 0.05) is 0 Å². The van der Waals surface area contributed by atoms with Crippen molar-refractivity contribution in [2.24, 2.45) is 0 Å². The summed E-state index contributed by atoms with van der Waals surface area (Å²) in [4.78, 5) is 10.1. The van der Waals surface area contributed by atoms with Crippen LogP contribution in [-0.4, -0.2) is 11.1 Å². The lowest BCUT2D eigenvalue weighted by atomic mass is 10.2. The summed E-state index contributed by atoms with van der Waals surface area (Å²) >= 11 is 0. The number of hydrogen-bond acceptors (Lipinski definition) is 2. The van der Waals surface area contributed by atoms with Crippen molar-refractivity contribution in [2.45, 2.75) is 33.6 Å². The minimum Gasteiger partial charge on any atom is -0.477 e. The van der Waals surface area contributed by atoms with Crippen molar-refractivity contribution < 1.29 is 9.90 Å². The predicted octanol–water partition coefficient (Wildman–Crippen LogP) is 2.35. The zero-order valence-electron chi connectivity index (χ0n) is 7.79. The van der Waals surface area contributed by atoms with E-state index in [9.17, 15) is 4.79 Å². The molecule has 0 aliphatic carbocycles. The van der Waals surface area contributed by atoms with Crippen LogP contribution < -0.4 is 0 Å². The highest BCUT2D eigenvalue weighted by Gasteiger charge is 2.02. The number of carboxylic acid groups (broad SMARTS) is 1. The van der Waals surface area contributed by atoms with Gasteiger partial charge in [0.15, 0.2) is 0 Å². The van der Waals surface area contributed by atoms with Gasteiger partial charge in [0.05, 0.1) is 0 Å². The van der Waals surface area contributed by atoms with Crippen LogP contribution in [0.1, 0.15) is 33.6 Å². The number of hydrogen-bond donors (Lipinski definition) is 1. The van der Waals surface area contributed by atoms with E-state index in [-0.39, 0.29) is 5.57 Å². The topological polar surface area (TPSA) is 61.1 Å². The second kappa shape index (κ2) is 9.70. The molecule has 0 aliphatic rings. The highest BCUT2D eigenvalue weighted by atomic mass is 16.4. The van der Waals surface area contributed by atoms with E-state index in [4.69, 9.17) is 10.4 Å². The lowest BCUT2D eigenvalue weighted by molar-refractivity contribution is -0.132. The van der Waals surface area contributed by atoms with Crippen molar-refractivity contribution in [3.8, 4) is 6.07 Å². The molecule has 0 saturated carbocycles. The van der Waals surface area contributed by atoms with E-state index in [0.29, 0.717) is 6.42 Å². The molecule has 1 N–H and O–H groups in total. The molecule has 68 valence electrons.